The third-order valence-electron chi connectivity index (χ3n) is 3.31. The smallest absolute Gasteiger partial charge is 0.178 e. The van der Waals surface area contributed by atoms with Gasteiger partial charge in [0.2, 0.25) is 0 Å². The molecule has 0 spiro atoms. The Morgan fingerprint density at radius 3 is 2.40 bits per heavy atom. The molecule has 1 aromatic rings. The number of nitriles is 1. The molecule has 0 bridgehead atoms. The van der Waals surface area contributed by atoms with Gasteiger partial charge in [-0.3, -0.25) is 0 Å². The summed E-state index contributed by atoms with van der Waals surface area (Å²) in [6, 6.07) is 7.24. The normalized spacial score (nSPS) is 12.8. The van der Waals surface area contributed by atoms with Gasteiger partial charge in [0.25, 0.3) is 0 Å². The molecule has 1 rings (SSSR count). The summed E-state index contributed by atoms with van der Waals surface area (Å²) in [6.45, 7) is 3.98. The molecule has 3 nitrogen and oxygen atoms in total. The first-order valence-corrected chi connectivity index (χ1v) is 9.52. The van der Waals surface area contributed by atoms with Crippen LogP contribution in [0.25, 0.3) is 0 Å². The van der Waals surface area contributed by atoms with E-state index in [-0.39, 0.29) is 5.75 Å². The predicted octanol–water partition coefficient (Wildman–Crippen LogP) is 3.97. The molecule has 0 N–H and O–H groups in total. The van der Waals surface area contributed by atoms with Crippen molar-refractivity contribution in [2.24, 2.45) is 0 Å². The molecule has 0 aliphatic rings. The van der Waals surface area contributed by atoms with Gasteiger partial charge >= 0.3 is 0 Å². The quantitative estimate of drug-likeness (QED) is 0.538. The van der Waals surface area contributed by atoms with Crippen molar-refractivity contribution < 1.29 is 8.42 Å². The number of thioether (sulfide) groups is 1. The number of hydrogen-bond acceptors (Lipinski definition) is 4. The van der Waals surface area contributed by atoms with E-state index < -0.39 is 9.84 Å². The molecule has 1 unspecified atom stereocenters. The van der Waals surface area contributed by atoms with E-state index in [0.717, 1.165) is 24.2 Å². The Bertz CT molecular complexity index is 544. The van der Waals surface area contributed by atoms with Crippen LogP contribution < -0.4 is 0 Å². The summed E-state index contributed by atoms with van der Waals surface area (Å²) in [5.74, 6) is 1.39. The van der Waals surface area contributed by atoms with Crippen molar-refractivity contribution in [1.29, 1.82) is 5.26 Å². The minimum atomic E-state index is -3.13. The van der Waals surface area contributed by atoms with Gasteiger partial charge in [-0.05, 0) is 54.6 Å². The Morgan fingerprint density at radius 1 is 1.25 bits per heavy atom. The molecular weight excluding hydrogens is 290 g/mol. The SMILES string of the molecule is CCCS(=O)(=O)c1ccc(C(CC)CCSC#N)cc1. The molecule has 0 saturated carbocycles. The van der Waals surface area contributed by atoms with Gasteiger partial charge in [0.1, 0.15) is 5.40 Å². The van der Waals surface area contributed by atoms with E-state index in [2.05, 4.69) is 12.3 Å². The second-order valence-electron chi connectivity index (χ2n) is 4.72. The van der Waals surface area contributed by atoms with E-state index in [0.29, 0.717) is 17.2 Å². The number of sulfone groups is 1. The van der Waals surface area contributed by atoms with Crippen molar-refractivity contribution in [2.75, 3.05) is 11.5 Å². The van der Waals surface area contributed by atoms with Crippen LogP contribution in [-0.4, -0.2) is 19.9 Å². The molecule has 0 amide bonds. The van der Waals surface area contributed by atoms with Gasteiger partial charge in [0, 0.05) is 5.75 Å². The van der Waals surface area contributed by atoms with Crippen LogP contribution >= 0.6 is 11.8 Å². The summed E-state index contributed by atoms with van der Waals surface area (Å²) in [5, 5.41) is 10.6. The van der Waals surface area contributed by atoms with E-state index in [9.17, 15) is 8.42 Å². The van der Waals surface area contributed by atoms with Crippen LogP contribution in [-0.2, 0) is 9.84 Å². The molecule has 5 heteroatoms. The molecule has 110 valence electrons. The Balaban J connectivity index is 2.81. The second-order valence-corrected chi connectivity index (χ2v) is 7.71. The van der Waals surface area contributed by atoms with Crippen LogP contribution in [0.1, 0.15) is 44.6 Å². The lowest BCUT2D eigenvalue weighted by Crippen LogP contribution is -2.06. The van der Waals surface area contributed by atoms with Crippen LogP contribution in [0.3, 0.4) is 0 Å². The standard InChI is InChI=1S/C15H21NO2S2/c1-3-11-20(17,18)15-7-5-14(6-8-15)13(4-2)9-10-19-12-16/h5-8,13H,3-4,9-11H2,1-2H3. The van der Waals surface area contributed by atoms with E-state index in [1.165, 1.54) is 11.8 Å². The van der Waals surface area contributed by atoms with Crippen LogP contribution in [0.2, 0.25) is 0 Å². The van der Waals surface area contributed by atoms with Crippen LogP contribution in [0.15, 0.2) is 29.2 Å². The summed E-state index contributed by atoms with van der Waals surface area (Å²) >= 11 is 1.27. The van der Waals surface area contributed by atoms with E-state index in [1.807, 2.05) is 19.1 Å². The Kier molecular flexibility index (Phi) is 7.11. The lowest BCUT2D eigenvalue weighted by Gasteiger charge is -2.14. The molecule has 0 aliphatic carbocycles. The number of benzene rings is 1. The van der Waals surface area contributed by atoms with E-state index >= 15 is 0 Å². The van der Waals surface area contributed by atoms with Crippen LogP contribution in [0.4, 0.5) is 0 Å². The largest absolute Gasteiger partial charge is 0.224 e. The first-order chi connectivity index (χ1) is 9.55. The molecule has 0 heterocycles. The van der Waals surface area contributed by atoms with Gasteiger partial charge in [-0.25, -0.2) is 8.42 Å². The van der Waals surface area contributed by atoms with Gasteiger partial charge in [-0.1, -0.05) is 26.0 Å². The Labute approximate surface area is 126 Å². The first-order valence-electron chi connectivity index (χ1n) is 6.88. The highest BCUT2D eigenvalue weighted by Gasteiger charge is 2.14. The maximum Gasteiger partial charge on any atom is 0.178 e. The fraction of sp³-hybridized carbons (Fsp3) is 0.533. The molecule has 20 heavy (non-hydrogen) atoms. The van der Waals surface area contributed by atoms with Gasteiger partial charge in [-0.15, -0.1) is 0 Å². The molecule has 0 aliphatic heterocycles. The van der Waals surface area contributed by atoms with Crippen molar-refractivity contribution in [3.8, 4) is 5.40 Å². The summed E-state index contributed by atoms with van der Waals surface area (Å²) in [6.07, 6.45) is 2.57. The molecule has 0 fully saturated rings. The average Bonchev–Trinajstić information content (AvgIpc) is 2.44. The highest BCUT2D eigenvalue weighted by atomic mass is 32.2. The topological polar surface area (TPSA) is 57.9 Å². The maximum atomic E-state index is 12.0. The van der Waals surface area contributed by atoms with Crippen molar-refractivity contribution in [2.45, 2.75) is 43.9 Å². The minimum Gasteiger partial charge on any atom is -0.224 e. The lowest BCUT2D eigenvalue weighted by molar-refractivity contribution is 0.594. The summed E-state index contributed by atoms with van der Waals surface area (Å²) < 4.78 is 23.9. The molecule has 1 atom stereocenters. The zero-order valence-electron chi connectivity index (χ0n) is 12.0. The van der Waals surface area contributed by atoms with E-state index in [4.69, 9.17) is 5.26 Å². The van der Waals surface area contributed by atoms with Gasteiger partial charge < -0.3 is 0 Å². The molecule has 1 aromatic carbocycles. The highest BCUT2D eigenvalue weighted by molar-refractivity contribution is 8.03. The molecule has 0 aromatic heterocycles. The number of hydrogen-bond donors (Lipinski definition) is 0. The van der Waals surface area contributed by atoms with Crippen LogP contribution in [0.5, 0.6) is 0 Å². The third kappa shape index (κ3) is 4.84. The molecule has 0 saturated heterocycles. The number of rotatable bonds is 8. The first kappa shape index (κ1) is 17.1. The molecular formula is C15H21NO2S2. The average molecular weight is 311 g/mol. The van der Waals surface area contributed by atoms with Gasteiger partial charge in [0.05, 0.1) is 10.6 Å². The van der Waals surface area contributed by atoms with Crippen molar-refractivity contribution >= 4 is 21.6 Å². The number of nitrogens with zero attached hydrogens (tertiary/aromatic N) is 1. The van der Waals surface area contributed by atoms with Gasteiger partial charge in [-0.2, -0.15) is 5.26 Å². The second kappa shape index (κ2) is 8.33. The fourth-order valence-corrected chi connectivity index (χ4v) is 4.00. The highest BCUT2D eigenvalue weighted by Crippen LogP contribution is 2.26. The van der Waals surface area contributed by atoms with Crippen LogP contribution in [0, 0.1) is 10.7 Å². The zero-order valence-corrected chi connectivity index (χ0v) is 13.6. The maximum absolute atomic E-state index is 12.0. The fourth-order valence-electron chi connectivity index (χ4n) is 2.19. The predicted molar refractivity (Wildman–Crippen MR) is 84.5 cm³/mol. The summed E-state index contributed by atoms with van der Waals surface area (Å²) in [5.41, 5.74) is 1.15. The van der Waals surface area contributed by atoms with Crippen molar-refractivity contribution in [1.82, 2.24) is 0 Å². The van der Waals surface area contributed by atoms with Gasteiger partial charge in [0.15, 0.2) is 9.84 Å². The Hall–Kier alpha value is -0.990. The Morgan fingerprint density at radius 2 is 1.90 bits per heavy atom. The molecule has 0 radical (unpaired) electrons. The minimum absolute atomic E-state index is 0.197. The lowest BCUT2D eigenvalue weighted by atomic mass is 9.94. The van der Waals surface area contributed by atoms with Crippen molar-refractivity contribution in [3.63, 3.8) is 0 Å². The number of thiocyanates is 1. The monoisotopic (exact) mass is 311 g/mol. The zero-order chi connectivity index (χ0) is 15.0. The summed E-state index contributed by atoms with van der Waals surface area (Å²) in [7, 11) is -3.13. The van der Waals surface area contributed by atoms with E-state index in [1.54, 1.807) is 12.1 Å². The summed E-state index contributed by atoms with van der Waals surface area (Å²) in [4.78, 5) is 0.407. The third-order valence-corrected chi connectivity index (χ3v) is 5.81. The van der Waals surface area contributed by atoms with Crippen molar-refractivity contribution in [3.05, 3.63) is 29.8 Å².